The van der Waals surface area contributed by atoms with Crippen molar-refractivity contribution in [2.75, 3.05) is 5.32 Å². The molecule has 0 radical (unpaired) electrons. The van der Waals surface area contributed by atoms with E-state index in [9.17, 15) is 0 Å². The van der Waals surface area contributed by atoms with Gasteiger partial charge in [0.2, 0.25) is 0 Å². The molecule has 0 spiro atoms. The fourth-order valence-electron chi connectivity index (χ4n) is 2.95. The normalized spacial score (nSPS) is 11.2. The molecule has 2 heterocycles. The van der Waals surface area contributed by atoms with E-state index in [1.54, 1.807) is 11.3 Å². The van der Waals surface area contributed by atoms with Crippen LogP contribution >= 0.6 is 11.3 Å². The Morgan fingerprint density at radius 1 is 0.880 bits per heavy atom. The van der Waals surface area contributed by atoms with E-state index in [0.29, 0.717) is 0 Å². The monoisotopic (exact) mass is 343 g/mol. The predicted molar refractivity (Wildman–Crippen MR) is 102 cm³/mol. The van der Waals surface area contributed by atoms with Crippen LogP contribution in [-0.2, 0) is 0 Å². The zero-order chi connectivity index (χ0) is 16.6. The van der Waals surface area contributed by atoms with E-state index in [2.05, 4.69) is 51.7 Å². The number of para-hydroxylation sites is 1. The molecule has 5 rings (SSSR count). The van der Waals surface area contributed by atoms with E-state index in [0.717, 1.165) is 33.6 Å². The van der Waals surface area contributed by atoms with E-state index < -0.39 is 0 Å². The van der Waals surface area contributed by atoms with Gasteiger partial charge in [-0.3, -0.25) is 0 Å². The second-order valence-electron chi connectivity index (χ2n) is 5.74. The Balaban J connectivity index is 1.57. The van der Waals surface area contributed by atoms with Crippen molar-refractivity contribution in [3.63, 3.8) is 0 Å². The van der Waals surface area contributed by atoms with E-state index in [1.165, 1.54) is 16.7 Å². The molecule has 2 aromatic heterocycles. The van der Waals surface area contributed by atoms with Gasteiger partial charge in [-0.1, -0.05) is 24.3 Å². The molecule has 5 aromatic rings. The van der Waals surface area contributed by atoms with Gasteiger partial charge in [0.1, 0.15) is 5.52 Å². The molecule has 3 aromatic carbocycles. The van der Waals surface area contributed by atoms with Gasteiger partial charge >= 0.3 is 0 Å². The predicted octanol–water partition coefficient (Wildman–Crippen LogP) is 5.85. The minimum absolute atomic E-state index is 0.772. The van der Waals surface area contributed by atoms with Crippen molar-refractivity contribution < 1.29 is 4.42 Å². The second kappa shape index (κ2) is 5.72. The molecule has 0 aliphatic carbocycles. The first-order valence-corrected chi connectivity index (χ1v) is 8.78. The van der Waals surface area contributed by atoms with Crippen molar-refractivity contribution in [2.45, 2.75) is 0 Å². The number of aromatic nitrogens is 2. The van der Waals surface area contributed by atoms with Crippen LogP contribution in [0.25, 0.3) is 32.4 Å². The first kappa shape index (κ1) is 14.2. The van der Waals surface area contributed by atoms with Crippen LogP contribution in [0.2, 0.25) is 0 Å². The second-order valence-corrected chi connectivity index (χ2v) is 6.63. The van der Waals surface area contributed by atoms with Gasteiger partial charge < -0.3 is 9.73 Å². The topological polar surface area (TPSA) is 51.0 Å². The van der Waals surface area contributed by atoms with Crippen LogP contribution in [0.15, 0.2) is 77.0 Å². The highest BCUT2D eigenvalue weighted by Gasteiger charge is 2.08. The van der Waals surface area contributed by atoms with Gasteiger partial charge in [-0.2, -0.15) is 0 Å². The average molecular weight is 343 g/mol. The lowest BCUT2D eigenvalue weighted by Crippen LogP contribution is -1.93. The number of oxazole rings is 1. The molecule has 0 aliphatic heterocycles. The number of hydrogen-bond donors (Lipinski definition) is 1. The molecule has 0 saturated carbocycles. The van der Waals surface area contributed by atoms with Crippen molar-refractivity contribution in [2.24, 2.45) is 0 Å². The fraction of sp³-hybridized carbons (Fsp3) is 0. The summed E-state index contributed by atoms with van der Waals surface area (Å²) in [5.74, 6) is 0. The zero-order valence-electron chi connectivity index (χ0n) is 13.1. The molecule has 120 valence electrons. The van der Waals surface area contributed by atoms with E-state index in [1.807, 2.05) is 29.8 Å². The summed E-state index contributed by atoms with van der Waals surface area (Å²) in [6.07, 6.45) is 1.46. The molecule has 5 heteroatoms. The van der Waals surface area contributed by atoms with Crippen LogP contribution in [0.3, 0.4) is 0 Å². The maximum atomic E-state index is 5.39. The standard InChI is InChI=1S/C20H13N3OS/c1-2-4-16(23-14-6-8-17-19(10-14)24-11-21-17)15(3-1)13-5-7-18-20(9-13)25-12-22-18/h1-12,23H. The Morgan fingerprint density at radius 3 is 2.80 bits per heavy atom. The number of hydrogen-bond acceptors (Lipinski definition) is 5. The maximum absolute atomic E-state index is 5.39. The van der Waals surface area contributed by atoms with E-state index in [4.69, 9.17) is 4.42 Å². The summed E-state index contributed by atoms with van der Waals surface area (Å²) in [6, 6.07) is 20.6. The van der Waals surface area contributed by atoms with Gasteiger partial charge in [0, 0.05) is 23.0 Å². The van der Waals surface area contributed by atoms with Crippen LogP contribution < -0.4 is 5.32 Å². The minimum Gasteiger partial charge on any atom is -0.443 e. The van der Waals surface area contributed by atoms with Crippen LogP contribution in [0.5, 0.6) is 0 Å². The summed E-state index contributed by atoms with van der Waals surface area (Å²) < 4.78 is 6.58. The number of rotatable bonds is 3. The quantitative estimate of drug-likeness (QED) is 0.446. The molecule has 4 nitrogen and oxygen atoms in total. The van der Waals surface area contributed by atoms with E-state index in [-0.39, 0.29) is 0 Å². The number of thiazole rings is 1. The molecule has 1 N–H and O–H groups in total. The Hall–Kier alpha value is -3.18. The molecule has 0 amide bonds. The molecule has 25 heavy (non-hydrogen) atoms. The lowest BCUT2D eigenvalue weighted by atomic mass is 10.0. The highest BCUT2D eigenvalue weighted by molar-refractivity contribution is 7.16. The molecule has 0 aliphatic rings. The number of anilines is 2. The Kier molecular flexibility index (Phi) is 3.24. The van der Waals surface area contributed by atoms with E-state index >= 15 is 0 Å². The number of fused-ring (bicyclic) bond motifs is 2. The minimum atomic E-state index is 0.772. The summed E-state index contributed by atoms with van der Waals surface area (Å²) in [5.41, 5.74) is 8.88. The largest absolute Gasteiger partial charge is 0.443 e. The average Bonchev–Trinajstić information content (AvgIpc) is 3.30. The van der Waals surface area contributed by atoms with Crippen molar-refractivity contribution in [3.8, 4) is 11.1 Å². The highest BCUT2D eigenvalue weighted by atomic mass is 32.1. The van der Waals surface area contributed by atoms with Crippen molar-refractivity contribution in [1.29, 1.82) is 0 Å². The van der Waals surface area contributed by atoms with Crippen molar-refractivity contribution in [1.82, 2.24) is 9.97 Å². The summed E-state index contributed by atoms with van der Waals surface area (Å²) >= 11 is 1.66. The van der Waals surface area contributed by atoms with Gasteiger partial charge in [0.15, 0.2) is 12.0 Å². The highest BCUT2D eigenvalue weighted by Crippen LogP contribution is 2.33. The number of benzene rings is 3. The van der Waals surface area contributed by atoms with Crippen LogP contribution in [0.4, 0.5) is 11.4 Å². The van der Waals surface area contributed by atoms with Crippen molar-refractivity contribution >= 4 is 44.0 Å². The summed E-state index contributed by atoms with van der Waals surface area (Å²) in [6.45, 7) is 0. The zero-order valence-corrected chi connectivity index (χ0v) is 14.0. The Morgan fingerprint density at radius 2 is 1.80 bits per heavy atom. The maximum Gasteiger partial charge on any atom is 0.181 e. The van der Waals surface area contributed by atoms with Gasteiger partial charge in [-0.25, -0.2) is 9.97 Å². The lowest BCUT2D eigenvalue weighted by molar-refractivity contribution is 0.602. The first-order chi connectivity index (χ1) is 12.4. The van der Waals surface area contributed by atoms with Gasteiger partial charge in [0.25, 0.3) is 0 Å². The molecule has 0 saturated heterocycles. The van der Waals surface area contributed by atoms with Gasteiger partial charge in [0.05, 0.1) is 15.7 Å². The number of nitrogens with one attached hydrogen (secondary N) is 1. The fourth-order valence-corrected chi connectivity index (χ4v) is 3.67. The third-order valence-corrected chi connectivity index (χ3v) is 4.97. The van der Waals surface area contributed by atoms with Crippen LogP contribution in [0.1, 0.15) is 0 Å². The smallest absolute Gasteiger partial charge is 0.181 e. The molecule has 0 bridgehead atoms. The SMILES string of the molecule is c1ccc(-c2ccc3ncsc3c2)c(Nc2ccc3ncoc3c2)c1. The van der Waals surface area contributed by atoms with Gasteiger partial charge in [-0.15, -0.1) is 11.3 Å². The third-order valence-electron chi connectivity index (χ3n) is 4.18. The van der Waals surface area contributed by atoms with Crippen LogP contribution in [-0.4, -0.2) is 9.97 Å². The summed E-state index contributed by atoms with van der Waals surface area (Å²) in [4.78, 5) is 8.51. The van der Waals surface area contributed by atoms with Gasteiger partial charge in [-0.05, 0) is 35.9 Å². The summed E-state index contributed by atoms with van der Waals surface area (Å²) in [5, 5.41) is 3.49. The number of nitrogens with zero attached hydrogens (tertiary/aromatic N) is 2. The Bertz CT molecular complexity index is 1190. The molecule has 0 atom stereocenters. The summed E-state index contributed by atoms with van der Waals surface area (Å²) in [7, 11) is 0. The first-order valence-electron chi connectivity index (χ1n) is 7.90. The lowest BCUT2D eigenvalue weighted by Gasteiger charge is -2.12. The Labute approximate surface area is 147 Å². The third kappa shape index (κ3) is 2.55. The van der Waals surface area contributed by atoms with Crippen molar-refractivity contribution in [3.05, 3.63) is 72.6 Å². The molecular formula is C20H13N3OS. The molecular weight excluding hydrogens is 330 g/mol. The molecule has 0 unspecified atom stereocenters. The van der Waals surface area contributed by atoms with Crippen LogP contribution in [0, 0.1) is 0 Å². The molecule has 0 fully saturated rings.